The van der Waals surface area contributed by atoms with Crippen molar-refractivity contribution in [2.75, 3.05) is 20.2 Å². The molecule has 3 N–H and O–H groups in total. The quantitative estimate of drug-likeness (QED) is 0.192. The van der Waals surface area contributed by atoms with E-state index < -0.39 is 17.2 Å². The molecule has 0 aliphatic rings. The first kappa shape index (κ1) is 28.5. The number of ether oxygens (including phenoxy) is 2. The van der Waals surface area contributed by atoms with Crippen LogP contribution in [-0.2, 0) is 22.6 Å². The van der Waals surface area contributed by atoms with E-state index >= 15 is 0 Å². The molecular weight excluding hydrogens is 495 g/mol. The highest BCUT2D eigenvalue weighted by atomic mass is 127. The van der Waals surface area contributed by atoms with Crippen LogP contribution in [0.5, 0.6) is 0 Å². The summed E-state index contributed by atoms with van der Waals surface area (Å²) in [7, 11) is 1.72. The van der Waals surface area contributed by atoms with Crippen molar-refractivity contribution < 1.29 is 14.3 Å². The molecule has 0 aliphatic heterocycles. The third-order valence-electron chi connectivity index (χ3n) is 3.93. The number of nitrogens with zero attached hydrogens (tertiary/aromatic N) is 1. The van der Waals surface area contributed by atoms with Crippen LogP contribution in [0.25, 0.3) is 0 Å². The normalized spacial score (nSPS) is 12.0. The molecule has 0 saturated carbocycles. The number of benzene rings is 1. The molecule has 0 unspecified atom stereocenters. The van der Waals surface area contributed by atoms with Crippen molar-refractivity contribution in [3.05, 3.63) is 35.4 Å². The van der Waals surface area contributed by atoms with Gasteiger partial charge in [0.1, 0.15) is 5.60 Å². The molecule has 1 aromatic carbocycles. The summed E-state index contributed by atoms with van der Waals surface area (Å²) < 4.78 is 11.0. The molecule has 0 aromatic heterocycles. The molecule has 30 heavy (non-hydrogen) atoms. The molecule has 1 rings (SSSR count). The highest BCUT2D eigenvalue weighted by molar-refractivity contribution is 14.0. The van der Waals surface area contributed by atoms with Crippen LogP contribution in [0.3, 0.4) is 0 Å². The molecule has 7 nitrogen and oxygen atoms in total. The summed E-state index contributed by atoms with van der Waals surface area (Å²) in [4.78, 5) is 16.3. The van der Waals surface area contributed by atoms with E-state index in [1.165, 1.54) is 0 Å². The van der Waals surface area contributed by atoms with Gasteiger partial charge in [0.15, 0.2) is 5.96 Å². The standard InChI is InChI=1S/C22H38N4O3.HI/c1-8-13-28-15-18-12-10-9-11-17(18)14-24-19(23-7)25-16-22(5,6)26-20(27)29-21(2,3)4;/h9-12H,8,13-16H2,1-7H3,(H,26,27)(H2,23,24,25);1H. The summed E-state index contributed by atoms with van der Waals surface area (Å²) in [5.41, 5.74) is 1.29. The fraction of sp³-hybridized carbons (Fsp3) is 0.636. The van der Waals surface area contributed by atoms with Gasteiger partial charge in [0.25, 0.3) is 0 Å². The van der Waals surface area contributed by atoms with Crippen LogP contribution >= 0.6 is 24.0 Å². The zero-order valence-electron chi connectivity index (χ0n) is 19.4. The van der Waals surface area contributed by atoms with E-state index in [0.29, 0.717) is 25.7 Å². The van der Waals surface area contributed by atoms with Crippen molar-refractivity contribution in [2.24, 2.45) is 4.99 Å². The Balaban J connectivity index is 0.00000841. The lowest BCUT2D eigenvalue weighted by atomic mass is 10.1. The number of hydrogen-bond donors (Lipinski definition) is 3. The van der Waals surface area contributed by atoms with Crippen LogP contribution in [-0.4, -0.2) is 43.4 Å². The van der Waals surface area contributed by atoms with E-state index in [0.717, 1.165) is 24.2 Å². The van der Waals surface area contributed by atoms with Crippen LogP contribution in [0, 0.1) is 0 Å². The zero-order valence-corrected chi connectivity index (χ0v) is 21.8. The zero-order chi connectivity index (χ0) is 21.9. The van der Waals surface area contributed by atoms with E-state index in [1.54, 1.807) is 7.05 Å². The SMILES string of the molecule is CCCOCc1ccccc1CNC(=NC)NCC(C)(C)NC(=O)OC(C)(C)C.I. The number of carbonyl (C=O) groups excluding carboxylic acids is 1. The summed E-state index contributed by atoms with van der Waals surface area (Å²) in [5.74, 6) is 0.661. The minimum atomic E-state index is -0.528. The summed E-state index contributed by atoms with van der Waals surface area (Å²) in [5, 5.41) is 9.46. The maximum atomic E-state index is 12.0. The summed E-state index contributed by atoms with van der Waals surface area (Å²) in [6.45, 7) is 14.0. The lowest BCUT2D eigenvalue weighted by molar-refractivity contribution is 0.0474. The minimum absolute atomic E-state index is 0. The molecule has 0 bridgehead atoms. The molecule has 1 amide bonds. The number of hydrogen-bond acceptors (Lipinski definition) is 4. The first-order valence-corrected chi connectivity index (χ1v) is 10.2. The van der Waals surface area contributed by atoms with Gasteiger partial charge in [-0.15, -0.1) is 24.0 Å². The molecule has 0 atom stereocenters. The van der Waals surface area contributed by atoms with Crippen LogP contribution in [0.4, 0.5) is 4.79 Å². The first-order valence-electron chi connectivity index (χ1n) is 10.2. The first-order chi connectivity index (χ1) is 13.6. The van der Waals surface area contributed by atoms with E-state index in [2.05, 4.69) is 40.0 Å². The van der Waals surface area contributed by atoms with Gasteiger partial charge in [-0.25, -0.2) is 4.79 Å². The lowest BCUT2D eigenvalue weighted by Gasteiger charge is -2.29. The summed E-state index contributed by atoms with van der Waals surface area (Å²) in [6.07, 6.45) is 0.567. The summed E-state index contributed by atoms with van der Waals surface area (Å²) >= 11 is 0. The maximum Gasteiger partial charge on any atom is 0.408 e. The number of guanidine groups is 1. The van der Waals surface area contributed by atoms with Crippen molar-refractivity contribution >= 4 is 36.0 Å². The van der Waals surface area contributed by atoms with Crippen LogP contribution in [0.2, 0.25) is 0 Å². The molecule has 172 valence electrons. The number of carbonyl (C=O) groups is 1. The van der Waals surface area contributed by atoms with Gasteiger partial charge in [0.2, 0.25) is 0 Å². The second kappa shape index (κ2) is 13.7. The highest BCUT2D eigenvalue weighted by Crippen LogP contribution is 2.11. The molecule has 0 saturated heterocycles. The van der Waals surface area contributed by atoms with Crippen LogP contribution in [0.1, 0.15) is 59.1 Å². The van der Waals surface area contributed by atoms with E-state index in [4.69, 9.17) is 9.47 Å². The van der Waals surface area contributed by atoms with Crippen molar-refractivity contribution in [3.63, 3.8) is 0 Å². The molecule has 0 heterocycles. The average Bonchev–Trinajstić information content (AvgIpc) is 2.61. The van der Waals surface area contributed by atoms with Crippen LogP contribution < -0.4 is 16.0 Å². The smallest absolute Gasteiger partial charge is 0.408 e. The summed E-state index contributed by atoms with van der Waals surface area (Å²) in [6, 6.07) is 8.20. The molecule has 8 heteroatoms. The van der Waals surface area contributed by atoms with Crippen molar-refractivity contribution in [1.82, 2.24) is 16.0 Å². The predicted octanol–water partition coefficient (Wildman–Crippen LogP) is 4.20. The van der Waals surface area contributed by atoms with E-state index in [-0.39, 0.29) is 24.0 Å². The Kier molecular flexibility index (Phi) is 13.0. The molecule has 0 spiro atoms. The van der Waals surface area contributed by atoms with Gasteiger partial charge in [-0.1, -0.05) is 31.2 Å². The topological polar surface area (TPSA) is 84.0 Å². The largest absolute Gasteiger partial charge is 0.444 e. The fourth-order valence-corrected chi connectivity index (χ4v) is 2.53. The molecule has 0 fully saturated rings. The fourth-order valence-electron chi connectivity index (χ4n) is 2.53. The monoisotopic (exact) mass is 534 g/mol. The second-order valence-corrected chi connectivity index (χ2v) is 8.61. The van der Waals surface area contributed by atoms with Gasteiger partial charge in [-0.05, 0) is 52.2 Å². The molecule has 0 radical (unpaired) electrons. The Morgan fingerprint density at radius 2 is 1.70 bits per heavy atom. The Hall–Kier alpha value is -1.55. The third-order valence-corrected chi connectivity index (χ3v) is 3.93. The number of rotatable bonds is 9. The Morgan fingerprint density at radius 1 is 1.07 bits per heavy atom. The molecular formula is C22H39IN4O3. The Bertz CT molecular complexity index is 673. The predicted molar refractivity (Wildman–Crippen MR) is 133 cm³/mol. The minimum Gasteiger partial charge on any atom is -0.444 e. The Labute approximate surface area is 198 Å². The van der Waals surface area contributed by atoms with Gasteiger partial charge in [-0.3, -0.25) is 4.99 Å². The van der Waals surface area contributed by atoms with Gasteiger partial charge >= 0.3 is 6.09 Å². The van der Waals surface area contributed by atoms with E-state index in [1.807, 2.05) is 46.8 Å². The van der Waals surface area contributed by atoms with Gasteiger partial charge < -0.3 is 25.4 Å². The van der Waals surface area contributed by atoms with Gasteiger partial charge in [0.05, 0.1) is 12.1 Å². The number of alkyl carbamates (subject to hydrolysis) is 1. The van der Waals surface area contributed by atoms with Crippen LogP contribution in [0.15, 0.2) is 29.3 Å². The average molecular weight is 534 g/mol. The highest BCUT2D eigenvalue weighted by Gasteiger charge is 2.24. The molecule has 0 aliphatic carbocycles. The number of amides is 1. The van der Waals surface area contributed by atoms with Crippen molar-refractivity contribution in [3.8, 4) is 0 Å². The number of halogens is 1. The van der Waals surface area contributed by atoms with Gasteiger partial charge in [-0.2, -0.15) is 0 Å². The molecule has 1 aromatic rings. The van der Waals surface area contributed by atoms with Crippen molar-refractivity contribution in [2.45, 2.75) is 72.3 Å². The third kappa shape index (κ3) is 12.2. The lowest BCUT2D eigenvalue weighted by Crippen LogP contribution is -2.54. The Morgan fingerprint density at radius 3 is 2.27 bits per heavy atom. The van der Waals surface area contributed by atoms with Crippen molar-refractivity contribution in [1.29, 1.82) is 0 Å². The number of aliphatic imine (C=N–C) groups is 1. The second-order valence-electron chi connectivity index (χ2n) is 8.61. The van der Waals surface area contributed by atoms with Gasteiger partial charge in [0, 0.05) is 26.7 Å². The number of nitrogens with one attached hydrogen (secondary N) is 3. The van der Waals surface area contributed by atoms with E-state index in [9.17, 15) is 4.79 Å². The maximum absolute atomic E-state index is 12.0.